The summed E-state index contributed by atoms with van der Waals surface area (Å²) in [6, 6.07) is 4.07. The van der Waals surface area contributed by atoms with Crippen LogP contribution in [0.1, 0.15) is 38.4 Å². The minimum atomic E-state index is -0.501. The summed E-state index contributed by atoms with van der Waals surface area (Å²) in [6.07, 6.45) is 5.60. The molecule has 1 heterocycles. The Morgan fingerprint density at radius 1 is 1.40 bits per heavy atom. The number of aryl methyl sites for hydroxylation is 1. The monoisotopic (exact) mass is 266 g/mol. The lowest BCUT2D eigenvalue weighted by atomic mass is 9.53. The van der Waals surface area contributed by atoms with Crippen molar-refractivity contribution >= 4 is 5.78 Å². The number of rotatable bonds is 0. The summed E-state index contributed by atoms with van der Waals surface area (Å²) in [5.74, 6) is 0.185. The number of allylic oxidation sites excluding steroid dienone is 2. The third-order valence-electron chi connectivity index (χ3n) is 5.07. The average molecular weight is 266 g/mol. The van der Waals surface area contributed by atoms with E-state index in [0.717, 1.165) is 18.5 Å². The first-order chi connectivity index (χ1) is 9.41. The van der Waals surface area contributed by atoms with E-state index in [9.17, 15) is 4.79 Å². The molecule has 20 heavy (non-hydrogen) atoms. The van der Waals surface area contributed by atoms with Crippen LogP contribution >= 0.6 is 0 Å². The van der Waals surface area contributed by atoms with Crippen LogP contribution in [0.5, 0.6) is 0 Å². The minimum Gasteiger partial charge on any atom is -0.307 e. The lowest BCUT2D eigenvalue weighted by Gasteiger charge is -2.50. The van der Waals surface area contributed by atoms with Gasteiger partial charge in [0.25, 0.3) is 0 Å². The third-order valence-corrected chi connectivity index (χ3v) is 5.07. The highest BCUT2D eigenvalue weighted by molar-refractivity contribution is 6.02. The first-order valence-electron chi connectivity index (χ1n) is 7.00. The molecule has 1 aromatic heterocycles. The van der Waals surface area contributed by atoms with E-state index in [0.29, 0.717) is 0 Å². The molecule has 0 saturated carbocycles. The Balaban J connectivity index is 2.28. The van der Waals surface area contributed by atoms with Gasteiger partial charge in [0.1, 0.15) is 0 Å². The van der Waals surface area contributed by atoms with E-state index in [1.807, 2.05) is 26.0 Å². The fraction of sp³-hybridized carbons (Fsp3) is 0.471. The molecule has 0 spiro atoms. The van der Waals surface area contributed by atoms with Crippen molar-refractivity contribution < 1.29 is 4.79 Å². The van der Waals surface area contributed by atoms with Gasteiger partial charge in [-0.05, 0) is 30.4 Å². The van der Waals surface area contributed by atoms with E-state index in [2.05, 4.69) is 22.8 Å². The molecule has 0 aromatic carbocycles. The number of Topliss-reactive ketones (excluding diaryl/α,β-unsaturated/α-hetero) is 1. The van der Waals surface area contributed by atoms with Crippen LogP contribution in [0.15, 0.2) is 30.1 Å². The standard InChI is InChI=1S/C17H18N2O/c1-16(2)13-8-7-11-6-5-9-19-14(11)17(13,3)10-12(18-4)15(16)20/h5-6,9-10,13H,7-8H2,1-3H3/t13-,17-/m0/s1. The molecule has 0 saturated heterocycles. The maximum Gasteiger partial charge on any atom is 0.226 e. The molecule has 0 aliphatic heterocycles. The number of carbonyl (C=O) groups excluding carboxylic acids is 1. The Morgan fingerprint density at radius 2 is 2.15 bits per heavy atom. The molecule has 0 unspecified atom stereocenters. The lowest BCUT2D eigenvalue weighted by Crippen LogP contribution is -2.51. The zero-order chi connectivity index (χ0) is 14.5. The molecule has 0 bridgehead atoms. The smallest absolute Gasteiger partial charge is 0.226 e. The molecule has 0 amide bonds. The van der Waals surface area contributed by atoms with E-state index in [4.69, 9.17) is 6.57 Å². The van der Waals surface area contributed by atoms with Crippen LogP contribution in [-0.4, -0.2) is 10.8 Å². The molecule has 2 atom stereocenters. The molecule has 1 aromatic rings. The fourth-order valence-electron chi connectivity index (χ4n) is 4.09. The number of carbonyl (C=O) groups is 1. The number of hydrogen-bond donors (Lipinski definition) is 0. The van der Waals surface area contributed by atoms with Gasteiger partial charge in [-0.1, -0.05) is 32.9 Å². The Bertz CT molecular complexity index is 666. The van der Waals surface area contributed by atoms with Gasteiger partial charge in [-0.25, -0.2) is 4.85 Å². The maximum atomic E-state index is 12.5. The molecule has 2 aliphatic rings. The number of ketones is 1. The van der Waals surface area contributed by atoms with Gasteiger partial charge in [-0.15, -0.1) is 0 Å². The number of fused-ring (bicyclic) bond motifs is 3. The van der Waals surface area contributed by atoms with Crippen LogP contribution in [0.4, 0.5) is 0 Å². The number of pyridine rings is 1. The average Bonchev–Trinajstić information content (AvgIpc) is 2.43. The van der Waals surface area contributed by atoms with Crippen molar-refractivity contribution in [3.8, 4) is 0 Å². The highest BCUT2D eigenvalue weighted by Gasteiger charge is 2.54. The van der Waals surface area contributed by atoms with Gasteiger partial charge in [0.2, 0.25) is 5.70 Å². The molecule has 3 nitrogen and oxygen atoms in total. The molecule has 0 radical (unpaired) electrons. The molecule has 3 heteroatoms. The van der Waals surface area contributed by atoms with Gasteiger partial charge < -0.3 is 4.79 Å². The number of aromatic nitrogens is 1. The van der Waals surface area contributed by atoms with Crippen LogP contribution in [0.3, 0.4) is 0 Å². The summed E-state index contributed by atoms with van der Waals surface area (Å²) in [7, 11) is 0. The van der Waals surface area contributed by atoms with Crippen molar-refractivity contribution in [2.45, 2.75) is 39.0 Å². The van der Waals surface area contributed by atoms with Crippen molar-refractivity contribution in [3.05, 3.63) is 52.8 Å². The van der Waals surface area contributed by atoms with E-state index in [-0.39, 0.29) is 22.8 Å². The van der Waals surface area contributed by atoms with Gasteiger partial charge in [0.05, 0.1) is 12.3 Å². The zero-order valence-corrected chi connectivity index (χ0v) is 12.1. The number of hydrogen-bond acceptors (Lipinski definition) is 2. The summed E-state index contributed by atoms with van der Waals surface area (Å²) >= 11 is 0. The molecule has 3 rings (SSSR count). The highest BCUT2D eigenvalue weighted by Crippen LogP contribution is 2.54. The van der Waals surface area contributed by atoms with E-state index >= 15 is 0 Å². The first-order valence-corrected chi connectivity index (χ1v) is 7.00. The van der Waals surface area contributed by atoms with Gasteiger partial charge in [-0.2, -0.15) is 0 Å². The molecule has 2 aliphatic carbocycles. The molecular formula is C17H18N2O. The summed E-state index contributed by atoms with van der Waals surface area (Å²) in [5.41, 5.74) is 1.74. The Kier molecular flexibility index (Phi) is 2.62. The topological polar surface area (TPSA) is 34.3 Å². The molecule has 0 fully saturated rings. The second-order valence-corrected chi connectivity index (χ2v) is 6.58. The van der Waals surface area contributed by atoms with E-state index < -0.39 is 5.41 Å². The van der Waals surface area contributed by atoms with Crippen LogP contribution in [0.25, 0.3) is 4.85 Å². The van der Waals surface area contributed by atoms with Gasteiger partial charge >= 0.3 is 0 Å². The minimum absolute atomic E-state index is 0.0191. The van der Waals surface area contributed by atoms with Crippen molar-refractivity contribution in [2.24, 2.45) is 11.3 Å². The van der Waals surface area contributed by atoms with Crippen molar-refractivity contribution in [3.63, 3.8) is 0 Å². The summed E-state index contributed by atoms with van der Waals surface area (Å²) in [6.45, 7) is 13.4. The van der Waals surface area contributed by atoms with Crippen LogP contribution < -0.4 is 0 Å². The van der Waals surface area contributed by atoms with Crippen LogP contribution in [0, 0.1) is 17.9 Å². The second-order valence-electron chi connectivity index (χ2n) is 6.58. The van der Waals surface area contributed by atoms with Gasteiger partial charge in [-0.3, -0.25) is 4.98 Å². The zero-order valence-electron chi connectivity index (χ0n) is 12.1. The van der Waals surface area contributed by atoms with Crippen molar-refractivity contribution in [2.75, 3.05) is 0 Å². The maximum absolute atomic E-state index is 12.5. The highest BCUT2D eigenvalue weighted by atomic mass is 16.1. The van der Waals surface area contributed by atoms with E-state index in [1.165, 1.54) is 5.56 Å². The Hall–Kier alpha value is -1.95. The third kappa shape index (κ3) is 1.51. The quantitative estimate of drug-likeness (QED) is 0.675. The SMILES string of the molecule is [C-]#[N+]C1=C[C@]2(C)c3ncccc3CC[C@H]2C(C)(C)C1=O. The van der Waals surface area contributed by atoms with Crippen LogP contribution in [0.2, 0.25) is 0 Å². The fourth-order valence-corrected chi connectivity index (χ4v) is 4.09. The molecular weight excluding hydrogens is 248 g/mol. The first kappa shape index (κ1) is 13.1. The van der Waals surface area contributed by atoms with Crippen molar-refractivity contribution in [1.29, 1.82) is 0 Å². The molecule has 0 N–H and O–H groups in total. The Labute approximate surface area is 119 Å². The summed E-state index contributed by atoms with van der Waals surface area (Å²) in [5, 5.41) is 0. The lowest BCUT2D eigenvalue weighted by molar-refractivity contribution is -0.128. The normalized spacial score (nSPS) is 30.8. The van der Waals surface area contributed by atoms with Crippen molar-refractivity contribution in [1.82, 2.24) is 4.98 Å². The van der Waals surface area contributed by atoms with Crippen LogP contribution in [-0.2, 0) is 16.6 Å². The molecule has 102 valence electrons. The Morgan fingerprint density at radius 3 is 2.85 bits per heavy atom. The van der Waals surface area contributed by atoms with E-state index in [1.54, 1.807) is 6.20 Å². The second kappa shape index (κ2) is 4.02. The largest absolute Gasteiger partial charge is 0.307 e. The number of nitrogens with zero attached hydrogens (tertiary/aromatic N) is 2. The summed E-state index contributed by atoms with van der Waals surface area (Å²) < 4.78 is 0. The predicted molar refractivity (Wildman–Crippen MR) is 76.9 cm³/mol. The van der Waals surface area contributed by atoms with Gasteiger partial charge in [0.15, 0.2) is 5.78 Å². The predicted octanol–water partition coefficient (Wildman–Crippen LogP) is 3.31. The van der Waals surface area contributed by atoms with Gasteiger partial charge in [0, 0.05) is 17.0 Å². The summed E-state index contributed by atoms with van der Waals surface area (Å²) in [4.78, 5) is 20.5.